The third-order valence-corrected chi connectivity index (χ3v) is 5.72. The molecule has 0 spiro atoms. The predicted molar refractivity (Wildman–Crippen MR) is 126 cm³/mol. The molecule has 1 aliphatic rings. The molecule has 4 rings (SSSR count). The Morgan fingerprint density at radius 3 is 2.00 bits per heavy atom. The summed E-state index contributed by atoms with van der Waals surface area (Å²) < 4.78 is 22.1. The van der Waals surface area contributed by atoms with E-state index in [-0.39, 0.29) is 0 Å². The molecule has 1 aromatic heterocycles. The maximum atomic E-state index is 5.62. The Labute approximate surface area is 188 Å². The summed E-state index contributed by atoms with van der Waals surface area (Å²) in [5, 5.41) is 3.39. The van der Waals surface area contributed by atoms with Crippen molar-refractivity contribution >= 4 is 5.69 Å². The third kappa shape index (κ3) is 4.29. The van der Waals surface area contributed by atoms with Crippen LogP contribution in [-0.4, -0.2) is 59.6 Å². The summed E-state index contributed by atoms with van der Waals surface area (Å²) in [6.07, 6.45) is 1.78. The van der Waals surface area contributed by atoms with E-state index in [4.69, 9.17) is 18.9 Å². The SMILES string of the molecule is COc1cc(OC)c(-c2cnc(OC)c(-c3ccc(N4CCNCC4)cc3)c2)cc1OC. The summed E-state index contributed by atoms with van der Waals surface area (Å²) in [6.45, 7) is 4.04. The first kappa shape index (κ1) is 21.8. The summed E-state index contributed by atoms with van der Waals surface area (Å²) in [5.74, 6) is 2.48. The first-order valence-electron chi connectivity index (χ1n) is 10.6. The van der Waals surface area contributed by atoms with Crippen LogP contribution in [0.4, 0.5) is 5.69 Å². The molecule has 2 heterocycles. The maximum Gasteiger partial charge on any atom is 0.221 e. The minimum absolute atomic E-state index is 0.572. The van der Waals surface area contributed by atoms with Gasteiger partial charge in [-0.25, -0.2) is 4.98 Å². The second kappa shape index (κ2) is 9.78. The number of ether oxygens (including phenoxy) is 4. The smallest absolute Gasteiger partial charge is 0.221 e. The molecule has 0 amide bonds. The number of rotatable bonds is 7. The van der Waals surface area contributed by atoms with E-state index in [1.165, 1.54) is 5.69 Å². The van der Waals surface area contributed by atoms with Crippen molar-refractivity contribution in [1.29, 1.82) is 0 Å². The summed E-state index contributed by atoms with van der Waals surface area (Å²) in [5.41, 5.74) is 4.92. The topological polar surface area (TPSA) is 65.1 Å². The number of hydrogen-bond acceptors (Lipinski definition) is 7. The monoisotopic (exact) mass is 435 g/mol. The van der Waals surface area contributed by atoms with E-state index >= 15 is 0 Å². The van der Waals surface area contributed by atoms with Crippen LogP contribution in [0.3, 0.4) is 0 Å². The lowest BCUT2D eigenvalue weighted by Crippen LogP contribution is -2.43. The van der Waals surface area contributed by atoms with Gasteiger partial charge >= 0.3 is 0 Å². The lowest BCUT2D eigenvalue weighted by atomic mass is 10.00. The fourth-order valence-corrected chi connectivity index (χ4v) is 4.00. The van der Waals surface area contributed by atoms with Crippen molar-refractivity contribution < 1.29 is 18.9 Å². The van der Waals surface area contributed by atoms with E-state index in [0.29, 0.717) is 23.1 Å². The summed E-state index contributed by atoms with van der Waals surface area (Å²) in [4.78, 5) is 6.96. The van der Waals surface area contributed by atoms with Crippen LogP contribution in [0.1, 0.15) is 0 Å². The Morgan fingerprint density at radius 1 is 0.719 bits per heavy atom. The minimum Gasteiger partial charge on any atom is -0.496 e. The summed E-state index contributed by atoms with van der Waals surface area (Å²) in [6, 6.07) is 14.3. The van der Waals surface area contributed by atoms with Crippen LogP contribution in [0.5, 0.6) is 23.1 Å². The molecule has 32 heavy (non-hydrogen) atoms. The van der Waals surface area contributed by atoms with Gasteiger partial charge in [-0.15, -0.1) is 0 Å². The molecule has 1 N–H and O–H groups in total. The average Bonchev–Trinajstić information content (AvgIpc) is 2.88. The van der Waals surface area contributed by atoms with E-state index in [2.05, 4.69) is 45.5 Å². The van der Waals surface area contributed by atoms with E-state index < -0.39 is 0 Å². The molecule has 2 aromatic carbocycles. The Hall–Kier alpha value is -3.45. The van der Waals surface area contributed by atoms with Crippen LogP contribution in [-0.2, 0) is 0 Å². The Kier molecular flexibility index (Phi) is 6.66. The van der Waals surface area contributed by atoms with Crippen molar-refractivity contribution in [2.24, 2.45) is 0 Å². The average molecular weight is 436 g/mol. The van der Waals surface area contributed by atoms with Crippen LogP contribution >= 0.6 is 0 Å². The Bertz CT molecular complexity index is 1060. The molecule has 0 atom stereocenters. The van der Waals surface area contributed by atoms with Gasteiger partial charge in [-0.2, -0.15) is 0 Å². The molecule has 0 bridgehead atoms. The highest BCUT2D eigenvalue weighted by Crippen LogP contribution is 2.42. The number of piperazine rings is 1. The molecule has 168 valence electrons. The van der Waals surface area contributed by atoms with Gasteiger partial charge in [0.1, 0.15) is 5.75 Å². The van der Waals surface area contributed by atoms with Gasteiger partial charge in [-0.05, 0) is 29.8 Å². The zero-order valence-corrected chi connectivity index (χ0v) is 19.0. The lowest BCUT2D eigenvalue weighted by Gasteiger charge is -2.29. The first-order chi connectivity index (χ1) is 15.7. The maximum absolute atomic E-state index is 5.62. The van der Waals surface area contributed by atoms with Gasteiger partial charge in [0.15, 0.2) is 11.5 Å². The van der Waals surface area contributed by atoms with E-state index in [0.717, 1.165) is 48.4 Å². The number of methoxy groups -OCH3 is 4. The van der Waals surface area contributed by atoms with Crippen LogP contribution < -0.4 is 29.2 Å². The molecule has 0 unspecified atom stereocenters. The summed E-state index contributed by atoms with van der Waals surface area (Å²) in [7, 11) is 6.49. The number of anilines is 1. The number of hydrogen-bond donors (Lipinski definition) is 1. The fraction of sp³-hybridized carbons (Fsp3) is 0.320. The highest BCUT2D eigenvalue weighted by atomic mass is 16.5. The number of benzene rings is 2. The third-order valence-electron chi connectivity index (χ3n) is 5.72. The van der Waals surface area contributed by atoms with Gasteiger partial charge in [0, 0.05) is 60.8 Å². The van der Waals surface area contributed by atoms with Gasteiger partial charge in [0.2, 0.25) is 5.88 Å². The van der Waals surface area contributed by atoms with Gasteiger partial charge < -0.3 is 29.2 Å². The van der Waals surface area contributed by atoms with E-state index in [1.54, 1.807) is 34.6 Å². The zero-order chi connectivity index (χ0) is 22.5. The predicted octanol–water partition coefficient (Wildman–Crippen LogP) is 3.86. The molecule has 7 heteroatoms. The molecule has 1 saturated heterocycles. The second-order valence-corrected chi connectivity index (χ2v) is 7.47. The van der Waals surface area contributed by atoms with Gasteiger partial charge in [0.25, 0.3) is 0 Å². The molecule has 1 fully saturated rings. The molecule has 1 aliphatic heterocycles. The number of aromatic nitrogens is 1. The van der Waals surface area contributed by atoms with E-state index in [9.17, 15) is 0 Å². The standard InChI is InChI=1S/C25H29N3O4/c1-29-22-15-24(31-3)23(30-2)14-20(22)18-13-21(25(32-4)27-16-18)17-5-7-19(8-6-17)28-11-9-26-10-12-28/h5-8,13-16,26H,9-12H2,1-4H3. The van der Waals surface area contributed by atoms with Crippen molar-refractivity contribution in [3.63, 3.8) is 0 Å². The van der Waals surface area contributed by atoms with Crippen molar-refractivity contribution in [2.45, 2.75) is 0 Å². The normalized spacial score (nSPS) is 13.6. The molecule has 7 nitrogen and oxygen atoms in total. The minimum atomic E-state index is 0.572. The van der Waals surface area contributed by atoms with Gasteiger partial charge in [0.05, 0.1) is 28.4 Å². The number of nitrogens with one attached hydrogen (secondary N) is 1. The van der Waals surface area contributed by atoms with Crippen molar-refractivity contribution in [3.8, 4) is 45.4 Å². The molecule has 0 saturated carbocycles. The fourth-order valence-electron chi connectivity index (χ4n) is 4.00. The number of nitrogens with zero attached hydrogens (tertiary/aromatic N) is 2. The van der Waals surface area contributed by atoms with Crippen LogP contribution in [0.15, 0.2) is 48.7 Å². The molecule has 3 aromatic rings. The van der Waals surface area contributed by atoms with Crippen LogP contribution in [0.2, 0.25) is 0 Å². The number of pyridine rings is 1. The quantitative estimate of drug-likeness (QED) is 0.605. The highest BCUT2D eigenvalue weighted by molar-refractivity contribution is 5.80. The molecular weight excluding hydrogens is 406 g/mol. The highest BCUT2D eigenvalue weighted by Gasteiger charge is 2.17. The van der Waals surface area contributed by atoms with E-state index in [1.807, 2.05) is 12.1 Å². The van der Waals surface area contributed by atoms with Crippen LogP contribution in [0, 0.1) is 0 Å². The lowest BCUT2D eigenvalue weighted by molar-refractivity contribution is 0.349. The molecule has 0 radical (unpaired) electrons. The van der Waals surface area contributed by atoms with Gasteiger partial charge in [-0.1, -0.05) is 12.1 Å². The van der Waals surface area contributed by atoms with Crippen LogP contribution in [0.25, 0.3) is 22.3 Å². The van der Waals surface area contributed by atoms with Crippen molar-refractivity contribution in [2.75, 3.05) is 59.5 Å². The molecular formula is C25H29N3O4. The summed E-state index contributed by atoms with van der Waals surface area (Å²) >= 11 is 0. The largest absolute Gasteiger partial charge is 0.496 e. The second-order valence-electron chi connectivity index (χ2n) is 7.47. The molecule has 0 aliphatic carbocycles. The Balaban J connectivity index is 1.74. The van der Waals surface area contributed by atoms with Crippen molar-refractivity contribution in [1.82, 2.24) is 10.3 Å². The Morgan fingerprint density at radius 2 is 1.38 bits per heavy atom. The zero-order valence-electron chi connectivity index (χ0n) is 19.0. The van der Waals surface area contributed by atoms with Gasteiger partial charge in [-0.3, -0.25) is 0 Å². The first-order valence-corrected chi connectivity index (χ1v) is 10.6. The van der Waals surface area contributed by atoms with Crippen molar-refractivity contribution in [3.05, 3.63) is 48.7 Å².